The van der Waals surface area contributed by atoms with E-state index in [2.05, 4.69) is 5.32 Å². The maximum atomic E-state index is 11.9. The van der Waals surface area contributed by atoms with Gasteiger partial charge in [-0.05, 0) is 37.1 Å². The van der Waals surface area contributed by atoms with Crippen molar-refractivity contribution in [1.29, 1.82) is 5.41 Å². The molecule has 0 spiro atoms. The Morgan fingerprint density at radius 1 is 1.50 bits per heavy atom. The van der Waals surface area contributed by atoms with E-state index in [0.717, 1.165) is 16.8 Å². The minimum absolute atomic E-state index is 0. The third-order valence-corrected chi connectivity index (χ3v) is 3.82. The Bertz CT molecular complexity index is 615. The molecule has 110 valence electrons. The molecule has 0 saturated carbocycles. The monoisotopic (exact) mass is 277 g/mol. The van der Waals surface area contributed by atoms with Crippen molar-refractivity contribution in [3.63, 3.8) is 0 Å². The zero-order valence-corrected chi connectivity index (χ0v) is 11.9. The SMILES string of the molecule is CC(CC(N)=O)C(=N)c1ccc2c(c1)C(C)(C)C(=O)N2.[HH].[HH]. The highest BCUT2D eigenvalue weighted by atomic mass is 16.2. The number of rotatable bonds is 4. The van der Waals surface area contributed by atoms with E-state index in [-0.39, 0.29) is 21.1 Å². The van der Waals surface area contributed by atoms with Gasteiger partial charge in [0.05, 0.1) is 5.41 Å². The molecule has 0 aromatic heterocycles. The van der Waals surface area contributed by atoms with Crippen LogP contribution in [-0.2, 0) is 15.0 Å². The fourth-order valence-electron chi connectivity index (χ4n) is 2.43. The molecule has 0 radical (unpaired) electrons. The molecular weight excluding hydrogens is 254 g/mol. The minimum Gasteiger partial charge on any atom is -0.370 e. The fourth-order valence-corrected chi connectivity index (χ4v) is 2.43. The van der Waals surface area contributed by atoms with Gasteiger partial charge in [-0.25, -0.2) is 0 Å². The molecule has 0 fully saturated rings. The lowest BCUT2D eigenvalue weighted by atomic mass is 9.84. The summed E-state index contributed by atoms with van der Waals surface area (Å²) in [4.78, 5) is 22.8. The lowest BCUT2D eigenvalue weighted by Gasteiger charge is -2.17. The molecule has 0 aliphatic carbocycles. The average molecular weight is 277 g/mol. The first-order valence-electron chi connectivity index (χ1n) is 6.56. The Labute approximate surface area is 121 Å². The summed E-state index contributed by atoms with van der Waals surface area (Å²) in [6.45, 7) is 5.51. The predicted octanol–water partition coefficient (Wildman–Crippen LogP) is 2.29. The summed E-state index contributed by atoms with van der Waals surface area (Å²) in [5, 5.41) is 11.0. The van der Waals surface area contributed by atoms with Gasteiger partial charge in [0.1, 0.15) is 0 Å². The van der Waals surface area contributed by atoms with E-state index in [9.17, 15) is 9.59 Å². The molecule has 5 nitrogen and oxygen atoms in total. The van der Waals surface area contributed by atoms with Gasteiger partial charge in [0.2, 0.25) is 11.8 Å². The zero-order chi connectivity index (χ0) is 15.1. The number of hydrogen-bond donors (Lipinski definition) is 3. The van der Waals surface area contributed by atoms with Gasteiger partial charge in [-0.3, -0.25) is 9.59 Å². The fraction of sp³-hybridized carbons (Fsp3) is 0.400. The van der Waals surface area contributed by atoms with Crippen LogP contribution in [0.5, 0.6) is 0 Å². The van der Waals surface area contributed by atoms with Crippen LogP contribution in [-0.4, -0.2) is 17.5 Å². The van der Waals surface area contributed by atoms with E-state index in [1.807, 2.05) is 26.0 Å². The summed E-state index contributed by atoms with van der Waals surface area (Å²) in [6.07, 6.45) is 0.149. The number of anilines is 1. The second-order valence-electron chi connectivity index (χ2n) is 5.82. The first-order valence-corrected chi connectivity index (χ1v) is 6.56. The summed E-state index contributed by atoms with van der Waals surface area (Å²) in [6, 6.07) is 5.45. The Morgan fingerprint density at radius 2 is 2.15 bits per heavy atom. The molecule has 5 heteroatoms. The van der Waals surface area contributed by atoms with Crippen molar-refractivity contribution in [2.24, 2.45) is 11.7 Å². The van der Waals surface area contributed by atoms with Crippen LogP contribution in [0.15, 0.2) is 18.2 Å². The topological polar surface area (TPSA) is 96.0 Å². The van der Waals surface area contributed by atoms with Crippen LogP contribution in [0.3, 0.4) is 0 Å². The highest BCUT2D eigenvalue weighted by Gasteiger charge is 2.38. The van der Waals surface area contributed by atoms with Crippen molar-refractivity contribution in [2.75, 3.05) is 5.32 Å². The van der Waals surface area contributed by atoms with Crippen molar-refractivity contribution in [3.05, 3.63) is 29.3 Å². The Hall–Kier alpha value is -2.17. The van der Waals surface area contributed by atoms with Gasteiger partial charge in [-0.15, -0.1) is 0 Å². The van der Waals surface area contributed by atoms with Crippen LogP contribution in [0.4, 0.5) is 5.69 Å². The number of hydrogen-bond acceptors (Lipinski definition) is 3. The maximum Gasteiger partial charge on any atom is 0.234 e. The standard InChI is InChI=1S/C15H19N3O2.2H2/c1-8(6-12(16)19)13(17)9-4-5-11-10(7-9)15(2,3)14(20)18-11;;/h4-5,7-8,17H,6H2,1-3H3,(H2,16,19)(H,18,20);2*1H. The second-order valence-corrected chi connectivity index (χ2v) is 5.82. The van der Waals surface area contributed by atoms with E-state index < -0.39 is 11.3 Å². The van der Waals surface area contributed by atoms with Gasteiger partial charge < -0.3 is 16.5 Å². The third-order valence-electron chi connectivity index (χ3n) is 3.82. The van der Waals surface area contributed by atoms with Crippen molar-refractivity contribution in [3.8, 4) is 0 Å². The van der Waals surface area contributed by atoms with E-state index in [1.165, 1.54) is 0 Å². The summed E-state index contributed by atoms with van der Waals surface area (Å²) in [7, 11) is 0. The first kappa shape index (κ1) is 14.2. The van der Waals surface area contributed by atoms with Crippen molar-refractivity contribution in [2.45, 2.75) is 32.6 Å². The number of amides is 2. The summed E-state index contributed by atoms with van der Waals surface area (Å²) in [5.74, 6) is -0.694. The Morgan fingerprint density at radius 3 is 2.75 bits per heavy atom. The predicted molar refractivity (Wildman–Crippen MR) is 82.1 cm³/mol. The van der Waals surface area contributed by atoms with Crippen LogP contribution in [0.25, 0.3) is 0 Å². The maximum absolute atomic E-state index is 11.9. The van der Waals surface area contributed by atoms with Crippen molar-refractivity contribution >= 4 is 23.2 Å². The lowest BCUT2D eigenvalue weighted by Crippen LogP contribution is -2.27. The number of carbonyl (C=O) groups excluding carboxylic acids is 2. The van der Waals surface area contributed by atoms with Crippen LogP contribution in [0.1, 0.15) is 41.2 Å². The smallest absolute Gasteiger partial charge is 0.234 e. The van der Waals surface area contributed by atoms with Gasteiger partial charge in [0.15, 0.2) is 0 Å². The Balaban J connectivity index is 0.00000220. The average Bonchev–Trinajstić information content (AvgIpc) is 2.58. The highest BCUT2D eigenvalue weighted by molar-refractivity contribution is 6.08. The van der Waals surface area contributed by atoms with Crippen LogP contribution < -0.4 is 11.1 Å². The van der Waals surface area contributed by atoms with Gasteiger partial charge >= 0.3 is 0 Å². The molecular formula is C15H23N3O2. The number of primary amides is 1. The number of fused-ring (bicyclic) bond motifs is 1. The normalized spacial score (nSPS) is 17.2. The molecule has 1 aliphatic rings. The highest BCUT2D eigenvalue weighted by Crippen LogP contribution is 2.38. The summed E-state index contributed by atoms with van der Waals surface area (Å²) < 4.78 is 0. The number of carbonyl (C=O) groups is 2. The summed E-state index contributed by atoms with van der Waals surface area (Å²) >= 11 is 0. The molecule has 1 heterocycles. The van der Waals surface area contributed by atoms with E-state index in [1.54, 1.807) is 13.0 Å². The molecule has 0 saturated heterocycles. The third kappa shape index (κ3) is 2.31. The molecule has 20 heavy (non-hydrogen) atoms. The molecule has 2 rings (SSSR count). The quantitative estimate of drug-likeness (QED) is 0.736. The largest absolute Gasteiger partial charge is 0.370 e. The molecule has 1 unspecified atom stereocenters. The molecule has 1 aromatic carbocycles. The van der Waals surface area contributed by atoms with Crippen molar-refractivity contribution < 1.29 is 12.4 Å². The van der Waals surface area contributed by atoms with Crippen LogP contribution in [0.2, 0.25) is 0 Å². The molecule has 0 bridgehead atoms. The zero-order valence-electron chi connectivity index (χ0n) is 11.9. The molecule has 1 atom stereocenters. The van der Waals surface area contributed by atoms with E-state index in [0.29, 0.717) is 5.71 Å². The van der Waals surface area contributed by atoms with Crippen molar-refractivity contribution in [1.82, 2.24) is 0 Å². The van der Waals surface area contributed by atoms with Gasteiger partial charge in [-0.1, -0.05) is 13.0 Å². The van der Waals surface area contributed by atoms with Gasteiger partial charge in [-0.2, -0.15) is 0 Å². The lowest BCUT2D eigenvalue weighted by molar-refractivity contribution is -0.120. The first-order chi connectivity index (χ1) is 9.23. The summed E-state index contributed by atoms with van der Waals surface area (Å²) in [5.41, 5.74) is 7.33. The molecule has 1 aliphatic heterocycles. The number of nitrogens with two attached hydrogens (primary N) is 1. The van der Waals surface area contributed by atoms with Gasteiger partial charge in [0.25, 0.3) is 0 Å². The van der Waals surface area contributed by atoms with E-state index >= 15 is 0 Å². The molecule has 2 amide bonds. The molecule has 4 N–H and O–H groups in total. The number of nitrogens with one attached hydrogen (secondary N) is 2. The van der Waals surface area contributed by atoms with Crippen LogP contribution >= 0.6 is 0 Å². The number of benzene rings is 1. The minimum atomic E-state index is -0.599. The van der Waals surface area contributed by atoms with E-state index in [4.69, 9.17) is 11.1 Å². The second kappa shape index (κ2) is 4.74. The Kier molecular flexibility index (Phi) is 3.38. The molecule has 1 aromatic rings. The van der Waals surface area contributed by atoms with Crippen LogP contribution in [0, 0.1) is 11.3 Å². The van der Waals surface area contributed by atoms with Gasteiger partial charge in [0, 0.05) is 26.6 Å².